The highest BCUT2D eigenvalue weighted by Gasteiger charge is 2.20. The number of aliphatic carboxylic acids is 1. The number of nitrogens with two attached hydrogens (primary N) is 1. The number of carboxylic acids is 1. The van der Waals surface area contributed by atoms with E-state index < -0.39 is 35.8 Å². The van der Waals surface area contributed by atoms with Crippen LogP contribution in [0.1, 0.15) is 27.9 Å². The van der Waals surface area contributed by atoms with E-state index in [1.165, 1.54) is 10.9 Å². The Morgan fingerprint density at radius 2 is 1.56 bits per heavy atom. The fraction of sp³-hybridized carbons (Fsp3) is 0.270. The maximum atomic E-state index is 13.5. The number of carboxylic acid groups (broad SMARTS) is 1. The first-order valence-corrected chi connectivity index (χ1v) is 15.6. The monoisotopic (exact) mass is 696 g/mol. The Labute approximate surface area is 285 Å². The van der Waals surface area contributed by atoms with Crippen LogP contribution in [0.15, 0.2) is 79.1 Å². The van der Waals surface area contributed by atoms with Gasteiger partial charge in [0.25, 0.3) is 5.91 Å². The Hall–Kier alpha value is -5.14. The van der Waals surface area contributed by atoms with Crippen molar-refractivity contribution in [3.05, 3.63) is 107 Å². The molecule has 0 saturated carbocycles. The third kappa shape index (κ3) is 9.95. The molecular formula is C37H37F5N4O4. The number of pyridine rings is 1. The summed E-state index contributed by atoms with van der Waals surface area (Å²) in [4.78, 5) is 30.2. The van der Waals surface area contributed by atoms with Crippen LogP contribution in [0.4, 0.5) is 27.6 Å². The maximum absolute atomic E-state index is 13.5. The molecule has 5 aromatic rings. The smallest absolute Gasteiger partial charge is 0.379 e. The Kier molecular flexibility index (Phi) is 13.2. The van der Waals surface area contributed by atoms with Crippen LogP contribution in [0, 0.1) is 11.6 Å². The molecule has 0 unspecified atom stereocenters. The molecule has 0 atom stereocenters. The van der Waals surface area contributed by atoms with Crippen LogP contribution in [0.2, 0.25) is 0 Å². The van der Waals surface area contributed by atoms with Crippen molar-refractivity contribution in [1.29, 1.82) is 0 Å². The molecule has 0 aliphatic carbocycles. The highest BCUT2D eigenvalue weighted by Crippen LogP contribution is 2.36. The van der Waals surface area contributed by atoms with Gasteiger partial charge in [0.15, 0.2) is 0 Å². The SMILES string of the molecule is CN(C)Cc1cc(-c2cccc3c(CCC(=O)O)cccc23)c2cnccc2c1.FC(F)F.NC(=O)c1c(F)cc(N2CCOCC2)cc1F. The van der Waals surface area contributed by atoms with Crippen molar-refractivity contribution in [3.63, 3.8) is 0 Å². The van der Waals surface area contributed by atoms with Gasteiger partial charge >= 0.3 is 12.6 Å². The Bertz CT molecular complexity index is 1930. The second kappa shape index (κ2) is 17.5. The van der Waals surface area contributed by atoms with Gasteiger partial charge < -0.3 is 25.4 Å². The number of carbonyl (C=O) groups excluding carboxylic acids is 1. The van der Waals surface area contributed by atoms with Crippen molar-refractivity contribution in [3.8, 4) is 11.1 Å². The van der Waals surface area contributed by atoms with Gasteiger partial charge in [-0.15, -0.1) is 0 Å². The number of hydrogen-bond donors (Lipinski definition) is 2. The summed E-state index contributed by atoms with van der Waals surface area (Å²) in [5.41, 5.74) is 9.23. The van der Waals surface area contributed by atoms with Crippen LogP contribution in [0.25, 0.3) is 32.7 Å². The van der Waals surface area contributed by atoms with Gasteiger partial charge in [0.1, 0.15) is 17.2 Å². The molecule has 0 spiro atoms. The number of carbonyl (C=O) groups is 2. The highest BCUT2D eigenvalue weighted by molar-refractivity contribution is 6.06. The lowest BCUT2D eigenvalue weighted by molar-refractivity contribution is -0.136. The summed E-state index contributed by atoms with van der Waals surface area (Å²) in [6.07, 6.45) is 4.42. The number of alkyl halides is 3. The first kappa shape index (κ1) is 37.7. The zero-order valence-corrected chi connectivity index (χ0v) is 27.5. The predicted octanol–water partition coefficient (Wildman–Crippen LogP) is 7.21. The number of halogens is 5. The first-order valence-electron chi connectivity index (χ1n) is 15.6. The Morgan fingerprint density at radius 1 is 0.920 bits per heavy atom. The second-order valence-electron chi connectivity index (χ2n) is 11.7. The minimum Gasteiger partial charge on any atom is -0.481 e. The molecule has 50 heavy (non-hydrogen) atoms. The average molecular weight is 697 g/mol. The maximum Gasteiger partial charge on any atom is 0.379 e. The molecule has 8 nitrogen and oxygen atoms in total. The number of ether oxygens (including phenoxy) is 1. The molecule has 1 saturated heterocycles. The molecule has 13 heteroatoms. The van der Waals surface area contributed by atoms with Crippen LogP contribution in [0.3, 0.4) is 0 Å². The molecule has 2 heterocycles. The lowest BCUT2D eigenvalue weighted by atomic mass is 9.91. The molecule has 1 aliphatic rings. The molecule has 1 fully saturated rings. The summed E-state index contributed by atoms with van der Waals surface area (Å²) in [5, 5.41) is 13.6. The standard InChI is InChI=1S/C25H24N2O2.C11H12F2N2O2.CHF3/c1-27(2)16-17-13-19-11-12-26-15-24(19)23(14-17)22-8-4-6-20-18(9-10-25(28)29)5-3-7-21(20)22;12-8-5-7(15-1-3-17-4-2-15)6-9(13)10(8)11(14)16;2-1(3)4/h3-8,11-15H,9-10,16H2,1-2H3,(H,28,29);5-6H,1-4H2,(H2,14,16);1H. The van der Waals surface area contributed by atoms with Crippen LogP contribution >= 0.6 is 0 Å². The lowest BCUT2D eigenvalue weighted by Crippen LogP contribution is -2.36. The van der Waals surface area contributed by atoms with Crippen LogP contribution < -0.4 is 10.6 Å². The van der Waals surface area contributed by atoms with Crippen LogP contribution in [0.5, 0.6) is 0 Å². The minimum absolute atomic E-state index is 0.133. The fourth-order valence-electron chi connectivity index (χ4n) is 5.81. The van der Waals surface area contributed by atoms with Crippen molar-refractivity contribution in [2.45, 2.75) is 26.1 Å². The molecule has 0 radical (unpaired) electrons. The predicted molar refractivity (Wildman–Crippen MR) is 183 cm³/mol. The number of aromatic nitrogens is 1. The van der Waals surface area contributed by atoms with E-state index in [9.17, 15) is 31.5 Å². The molecule has 1 aliphatic heterocycles. The summed E-state index contributed by atoms with van der Waals surface area (Å²) in [5.74, 6) is -3.74. The van der Waals surface area contributed by atoms with E-state index in [1.807, 2.05) is 24.5 Å². The van der Waals surface area contributed by atoms with Gasteiger partial charge in [0.2, 0.25) is 0 Å². The van der Waals surface area contributed by atoms with Gasteiger partial charge in [-0.05, 0) is 89.3 Å². The van der Waals surface area contributed by atoms with Gasteiger partial charge in [0.05, 0.1) is 13.2 Å². The third-order valence-electron chi connectivity index (χ3n) is 7.87. The summed E-state index contributed by atoms with van der Waals surface area (Å²) in [7, 11) is 4.14. The number of nitrogens with zero attached hydrogens (tertiary/aromatic N) is 3. The summed E-state index contributed by atoms with van der Waals surface area (Å²) in [6, 6.07) is 21.2. The largest absolute Gasteiger partial charge is 0.481 e. The first-order chi connectivity index (χ1) is 23.8. The van der Waals surface area contributed by atoms with Crippen molar-refractivity contribution in [2.75, 3.05) is 45.3 Å². The number of amides is 1. The van der Waals surface area contributed by atoms with Crippen LogP contribution in [-0.2, 0) is 22.5 Å². The number of anilines is 1. The molecule has 3 N–H and O–H groups in total. The van der Waals surface area contributed by atoms with Crippen molar-refractivity contribution < 1.29 is 41.4 Å². The van der Waals surface area contributed by atoms with Crippen LogP contribution in [-0.4, -0.2) is 73.9 Å². The summed E-state index contributed by atoms with van der Waals surface area (Å²) in [6.45, 7) is -0.648. The quantitative estimate of drug-likeness (QED) is 0.165. The number of fused-ring (bicyclic) bond motifs is 2. The minimum atomic E-state index is -3.67. The normalized spacial score (nSPS) is 12.8. The van der Waals surface area contributed by atoms with Gasteiger partial charge in [-0.3, -0.25) is 14.6 Å². The molecular weight excluding hydrogens is 659 g/mol. The summed E-state index contributed by atoms with van der Waals surface area (Å²) < 4.78 is 61.2. The van der Waals surface area contributed by atoms with Gasteiger partial charge in [-0.25, -0.2) is 8.78 Å². The number of primary amides is 1. The van der Waals surface area contributed by atoms with E-state index in [-0.39, 0.29) is 6.42 Å². The van der Waals surface area contributed by atoms with E-state index >= 15 is 0 Å². The number of aryl methyl sites for hydroxylation is 1. The Morgan fingerprint density at radius 3 is 2.18 bits per heavy atom. The lowest BCUT2D eigenvalue weighted by Gasteiger charge is -2.29. The van der Waals surface area contributed by atoms with E-state index in [0.29, 0.717) is 38.4 Å². The molecule has 1 amide bonds. The van der Waals surface area contributed by atoms with Gasteiger partial charge in [-0.1, -0.05) is 36.4 Å². The average Bonchev–Trinajstić information content (AvgIpc) is 3.06. The highest BCUT2D eigenvalue weighted by atomic mass is 19.4. The van der Waals surface area contributed by atoms with Gasteiger partial charge in [-0.2, -0.15) is 13.2 Å². The number of hydrogen-bond acceptors (Lipinski definition) is 6. The van der Waals surface area contributed by atoms with Crippen molar-refractivity contribution in [2.24, 2.45) is 5.73 Å². The molecule has 0 bridgehead atoms. The number of morpholine rings is 1. The second-order valence-corrected chi connectivity index (χ2v) is 11.7. The topological polar surface area (TPSA) is 109 Å². The number of benzene rings is 4. The summed E-state index contributed by atoms with van der Waals surface area (Å²) >= 11 is 0. The van der Waals surface area contributed by atoms with E-state index in [0.717, 1.165) is 51.5 Å². The molecule has 6 rings (SSSR count). The zero-order valence-electron chi connectivity index (χ0n) is 27.5. The number of rotatable bonds is 8. The molecule has 1 aromatic heterocycles. The van der Waals surface area contributed by atoms with Crippen molar-refractivity contribution in [1.82, 2.24) is 9.88 Å². The fourth-order valence-corrected chi connectivity index (χ4v) is 5.81. The van der Waals surface area contributed by atoms with Gasteiger partial charge in [0, 0.05) is 49.5 Å². The van der Waals surface area contributed by atoms with E-state index in [4.69, 9.17) is 15.6 Å². The van der Waals surface area contributed by atoms with Crippen molar-refractivity contribution >= 4 is 39.1 Å². The Balaban J connectivity index is 0.000000226. The van der Waals surface area contributed by atoms with E-state index in [2.05, 4.69) is 66.4 Å². The third-order valence-corrected chi connectivity index (χ3v) is 7.87. The molecule has 4 aromatic carbocycles. The van der Waals surface area contributed by atoms with E-state index in [1.54, 1.807) is 4.90 Å². The molecule has 264 valence electrons. The zero-order chi connectivity index (χ0) is 36.4.